The van der Waals surface area contributed by atoms with Crippen LogP contribution in [0.15, 0.2) is 36.4 Å². The molecule has 0 unspecified atom stereocenters. The van der Waals surface area contributed by atoms with Crippen LogP contribution in [0.25, 0.3) is 0 Å². The summed E-state index contributed by atoms with van der Waals surface area (Å²) < 4.78 is 0. The molecule has 124 valence electrons. The molecule has 2 bridgehead atoms. The van der Waals surface area contributed by atoms with E-state index in [0.29, 0.717) is 5.69 Å². The number of imide groups is 1. The van der Waals surface area contributed by atoms with Crippen molar-refractivity contribution in [2.45, 2.75) is 19.8 Å². The van der Waals surface area contributed by atoms with Crippen LogP contribution in [0.4, 0.5) is 5.69 Å². The average Bonchev–Trinajstić information content (AvgIpc) is 2.85. The second-order valence-corrected chi connectivity index (χ2v) is 6.97. The Morgan fingerprint density at radius 3 is 2.21 bits per heavy atom. The van der Waals surface area contributed by atoms with Gasteiger partial charge in [-0.1, -0.05) is 30.4 Å². The summed E-state index contributed by atoms with van der Waals surface area (Å²) in [6.07, 6.45) is 6.09. The van der Waals surface area contributed by atoms with E-state index in [-0.39, 0.29) is 47.9 Å². The molecule has 4 aliphatic rings. The number of amides is 3. The third-order valence-electron chi connectivity index (χ3n) is 5.57. The average molecular weight is 324 g/mol. The van der Waals surface area contributed by atoms with Gasteiger partial charge in [0.15, 0.2) is 0 Å². The molecule has 0 aromatic heterocycles. The number of hydrogen-bond donors (Lipinski definition) is 1. The first-order valence-electron chi connectivity index (χ1n) is 8.45. The summed E-state index contributed by atoms with van der Waals surface area (Å²) in [6, 6.07) is 7.45. The molecule has 1 heterocycles. The highest BCUT2D eigenvalue weighted by Crippen LogP contribution is 2.49. The van der Waals surface area contributed by atoms with Gasteiger partial charge in [-0.05, 0) is 43.2 Å². The van der Waals surface area contributed by atoms with Crippen LogP contribution in [0.3, 0.4) is 0 Å². The molecule has 1 aromatic rings. The van der Waals surface area contributed by atoms with Crippen molar-refractivity contribution < 1.29 is 14.4 Å². The Bertz CT molecular complexity index is 723. The number of rotatable bonds is 3. The van der Waals surface area contributed by atoms with Gasteiger partial charge in [0.05, 0.1) is 11.8 Å². The van der Waals surface area contributed by atoms with Gasteiger partial charge < -0.3 is 5.32 Å². The Hall–Kier alpha value is -2.43. The molecule has 3 aliphatic carbocycles. The molecule has 1 saturated heterocycles. The lowest BCUT2D eigenvalue weighted by Crippen LogP contribution is -2.38. The highest BCUT2D eigenvalue weighted by molar-refractivity contribution is 6.09. The lowest BCUT2D eigenvalue weighted by atomic mass is 9.63. The summed E-state index contributed by atoms with van der Waals surface area (Å²) in [5.41, 5.74) is 1.65. The number of likely N-dealkylation sites (tertiary alicyclic amines) is 1. The molecule has 0 spiro atoms. The number of allylic oxidation sites excluding steroid dienone is 2. The van der Waals surface area contributed by atoms with Gasteiger partial charge in [0.2, 0.25) is 17.7 Å². The molecule has 5 heteroatoms. The molecular weight excluding hydrogens is 304 g/mol. The number of aryl methyl sites for hydroxylation is 1. The van der Waals surface area contributed by atoms with Crippen LogP contribution < -0.4 is 5.32 Å². The van der Waals surface area contributed by atoms with Crippen LogP contribution in [0.1, 0.15) is 18.4 Å². The maximum Gasteiger partial charge on any atom is 0.244 e. The summed E-state index contributed by atoms with van der Waals surface area (Å²) in [5, 5.41) is 2.80. The number of carbonyl (C=O) groups is 3. The van der Waals surface area contributed by atoms with Crippen molar-refractivity contribution >= 4 is 23.4 Å². The summed E-state index contributed by atoms with van der Waals surface area (Å²) >= 11 is 0. The zero-order chi connectivity index (χ0) is 16.8. The fourth-order valence-corrected chi connectivity index (χ4v) is 4.34. The summed E-state index contributed by atoms with van der Waals surface area (Å²) in [5.74, 6) is -0.889. The van der Waals surface area contributed by atoms with Gasteiger partial charge in [0.25, 0.3) is 0 Å². The Kier molecular flexibility index (Phi) is 3.52. The number of benzene rings is 1. The lowest BCUT2D eigenvalue weighted by molar-refractivity contribution is -0.142. The van der Waals surface area contributed by atoms with Crippen molar-refractivity contribution in [3.63, 3.8) is 0 Å². The molecule has 3 amide bonds. The molecule has 1 saturated carbocycles. The predicted octanol–water partition coefficient (Wildman–Crippen LogP) is 2.13. The second-order valence-electron chi connectivity index (χ2n) is 6.97. The van der Waals surface area contributed by atoms with E-state index < -0.39 is 0 Å². The SMILES string of the molecule is Cc1ccccc1NC(=O)CN1C(=O)[C@H]2[C@H](C1=O)[C@H]1C=C[C@H]2CC1. The normalized spacial score (nSPS) is 30.6. The number of nitrogens with zero attached hydrogens (tertiary/aromatic N) is 1. The molecule has 1 aromatic carbocycles. The van der Waals surface area contributed by atoms with Crippen LogP contribution in [-0.4, -0.2) is 29.2 Å². The van der Waals surface area contributed by atoms with E-state index in [1.54, 1.807) is 0 Å². The minimum atomic E-state index is -0.329. The predicted molar refractivity (Wildman–Crippen MR) is 88.9 cm³/mol. The Morgan fingerprint density at radius 2 is 1.67 bits per heavy atom. The highest BCUT2D eigenvalue weighted by Gasteiger charge is 2.56. The number of para-hydroxylation sites is 1. The van der Waals surface area contributed by atoms with E-state index in [1.807, 2.05) is 31.2 Å². The number of carbonyl (C=O) groups excluding carboxylic acids is 3. The van der Waals surface area contributed by atoms with Crippen LogP contribution in [0.5, 0.6) is 0 Å². The molecule has 1 aliphatic heterocycles. The van der Waals surface area contributed by atoms with Gasteiger partial charge in [-0.25, -0.2) is 0 Å². The van der Waals surface area contributed by atoms with Crippen molar-refractivity contribution in [1.29, 1.82) is 0 Å². The maximum atomic E-state index is 12.7. The lowest BCUT2D eigenvalue weighted by Gasteiger charge is -2.38. The van der Waals surface area contributed by atoms with Crippen LogP contribution in [-0.2, 0) is 14.4 Å². The van der Waals surface area contributed by atoms with Crippen molar-refractivity contribution in [1.82, 2.24) is 4.90 Å². The molecule has 5 rings (SSSR count). The molecule has 2 fully saturated rings. The third-order valence-corrected chi connectivity index (χ3v) is 5.57. The molecule has 24 heavy (non-hydrogen) atoms. The monoisotopic (exact) mass is 324 g/mol. The molecule has 1 N–H and O–H groups in total. The van der Waals surface area contributed by atoms with Crippen LogP contribution in [0, 0.1) is 30.6 Å². The van der Waals surface area contributed by atoms with E-state index in [0.717, 1.165) is 18.4 Å². The Morgan fingerprint density at radius 1 is 1.08 bits per heavy atom. The van der Waals surface area contributed by atoms with Gasteiger partial charge in [-0.3, -0.25) is 19.3 Å². The van der Waals surface area contributed by atoms with Crippen molar-refractivity contribution in [3.05, 3.63) is 42.0 Å². The minimum absolute atomic E-state index is 0.154. The van der Waals surface area contributed by atoms with Gasteiger partial charge in [0, 0.05) is 5.69 Å². The van der Waals surface area contributed by atoms with E-state index in [1.165, 1.54) is 4.90 Å². The maximum absolute atomic E-state index is 12.7. The fraction of sp³-hybridized carbons (Fsp3) is 0.421. The number of fused-ring (bicyclic) bond motifs is 1. The minimum Gasteiger partial charge on any atom is -0.324 e. The quantitative estimate of drug-likeness (QED) is 0.684. The zero-order valence-corrected chi connectivity index (χ0v) is 13.6. The van der Waals surface area contributed by atoms with E-state index >= 15 is 0 Å². The first-order valence-corrected chi connectivity index (χ1v) is 8.45. The third kappa shape index (κ3) is 2.27. The molecule has 0 radical (unpaired) electrons. The highest BCUT2D eigenvalue weighted by atomic mass is 16.2. The van der Waals surface area contributed by atoms with Gasteiger partial charge in [0.1, 0.15) is 6.54 Å². The fourth-order valence-electron chi connectivity index (χ4n) is 4.34. The first kappa shape index (κ1) is 15.1. The molecule has 4 atom stereocenters. The van der Waals surface area contributed by atoms with Crippen molar-refractivity contribution in [3.8, 4) is 0 Å². The molecular formula is C19H20N2O3. The summed E-state index contributed by atoms with van der Waals surface area (Å²) in [4.78, 5) is 38.9. The van der Waals surface area contributed by atoms with Crippen molar-refractivity contribution in [2.75, 3.05) is 11.9 Å². The Labute approximate surface area is 140 Å². The number of nitrogens with one attached hydrogen (secondary N) is 1. The topological polar surface area (TPSA) is 66.5 Å². The summed E-state index contributed by atoms with van der Waals surface area (Å²) in [7, 11) is 0. The van der Waals surface area contributed by atoms with Crippen LogP contribution in [0.2, 0.25) is 0 Å². The standard InChI is InChI=1S/C19H20N2O3/c1-11-4-2-3-5-14(11)20-15(22)10-21-18(23)16-12-6-7-13(9-8-12)17(16)19(21)24/h2-7,12-13,16-17H,8-10H2,1H3,(H,20,22)/t12-,13-,16+,17+/m0/s1. The first-order chi connectivity index (χ1) is 11.6. The van der Waals surface area contributed by atoms with Gasteiger partial charge >= 0.3 is 0 Å². The number of anilines is 1. The van der Waals surface area contributed by atoms with Crippen LogP contribution >= 0.6 is 0 Å². The molecule has 5 nitrogen and oxygen atoms in total. The van der Waals surface area contributed by atoms with E-state index in [9.17, 15) is 14.4 Å². The summed E-state index contributed by atoms with van der Waals surface area (Å²) in [6.45, 7) is 1.71. The second kappa shape index (κ2) is 5.58. The largest absolute Gasteiger partial charge is 0.324 e. The van der Waals surface area contributed by atoms with Crippen molar-refractivity contribution in [2.24, 2.45) is 23.7 Å². The van der Waals surface area contributed by atoms with Gasteiger partial charge in [-0.15, -0.1) is 0 Å². The Balaban J connectivity index is 1.49. The zero-order valence-electron chi connectivity index (χ0n) is 13.6. The van der Waals surface area contributed by atoms with E-state index in [2.05, 4.69) is 17.5 Å². The smallest absolute Gasteiger partial charge is 0.244 e. The number of hydrogen-bond acceptors (Lipinski definition) is 3. The van der Waals surface area contributed by atoms with Gasteiger partial charge in [-0.2, -0.15) is 0 Å². The van der Waals surface area contributed by atoms with E-state index in [4.69, 9.17) is 0 Å².